The first-order valence-corrected chi connectivity index (χ1v) is 12.4. The van der Waals surface area contributed by atoms with Gasteiger partial charge in [-0.15, -0.1) is 0 Å². The van der Waals surface area contributed by atoms with E-state index in [4.69, 9.17) is 14.6 Å². The van der Waals surface area contributed by atoms with E-state index in [0.29, 0.717) is 0 Å². The maximum Gasteiger partial charge on any atom is 0.335 e. The Morgan fingerprint density at radius 2 is 1.77 bits per heavy atom. The first-order valence-electron chi connectivity index (χ1n) is 12.4. The minimum atomic E-state index is -0.681. The van der Waals surface area contributed by atoms with Gasteiger partial charge >= 0.3 is 11.9 Å². The van der Waals surface area contributed by atoms with Crippen molar-refractivity contribution in [1.29, 1.82) is 0 Å². The summed E-state index contributed by atoms with van der Waals surface area (Å²) >= 11 is 0. The smallest absolute Gasteiger partial charge is 0.335 e. The minimum absolute atomic E-state index is 0.00937. The summed E-state index contributed by atoms with van der Waals surface area (Å²) in [5.74, 6) is -1.20. The molecule has 2 rings (SSSR count). The van der Waals surface area contributed by atoms with Crippen LogP contribution in [-0.4, -0.2) is 48.6 Å². The normalized spacial score (nSPS) is 17.0. The fraction of sp³-hybridized carbons (Fsp3) is 0.517. The molecule has 6 nitrogen and oxygen atoms in total. The molecule has 0 saturated heterocycles. The average molecular weight is 485 g/mol. The van der Waals surface area contributed by atoms with Crippen LogP contribution in [0.25, 0.3) is 0 Å². The Kier molecular flexibility index (Phi) is 11.9. The summed E-state index contributed by atoms with van der Waals surface area (Å²) in [7, 11) is 0. The van der Waals surface area contributed by atoms with Gasteiger partial charge < -0.3 is 19.7 Å². The molecule has 192 valence electrons. The minimum Gasteiger partial charge on any atom is -0.465 e. The number of aliphatic hydroxyl groups excluding tert-OH is 2. The molecule has 6 heteroatoms. The first-order chi connectivity index (χ1) is 16.7. The lowest BCUT2D eigenvalue weighted by molar-refractivity contribution is -0.151. The molecule has 1 aliphatic rings. The Bertz CT molecular complexity index is 896. The van der Waals surface area contributed by atoms with E-state index >= 15 is 0 Å². The number of carbonyl (C=O) groups excluding carboxylic acids is 2. The second-order valence-corrected chi connectivity index (χ2v) is 9.70. The summed E-state index contributed by atoms with van der Waals surface area (Å²) in [5.41, 5.74) is 3.49. The largest absolute Gasteiger partial charge is 0.465 e. The molecule has 1 aromatic carbocycles. The third kappa shape index (κ3) is 9.46. The zero-order chi connectivity index (χ0) is 25.8. The van der Waals surface area contributed by atoms with Crippen LogP contribution in [-0.2, 0) is 25.5 Å². The molecule has 35 heavy (non-hydrogen) atoms. The average Bonchev–Trinajstić information content (AvgIpc) is 2.87. The van der Waals surface area contributed by atoms with Crippen LogP contribution in [0, 0.1) is 17.8 Å². The summed E-state index contributed by atoms with van der Waals surface area (Å²) in [4.78, 5) is 24.0. The molecule has 0 bridgehead atoms. The molecule has 0 spiro atoms. The summed E-state index contributed by atoms with van der Waals surface area (Å²) in [6.07, 6.45) is 10.5. The molecular formula is C29H40O6. The van der Waals surface area contributed by atoms with Gasteiger partial charge in [0.2, 0.25) is 0 Å². The zero-order valence-corrected chi connectivity index (χ0v) is 21.2. The van der Waals surface area contributed by atoms with Crippen LogP contribution in [0.1, 0.15) is 57.1 Å². The SMILES string of the molecule is C=C(CO)C(=O)OCC(COC(=O)C(C)CO)C1=CCC(c2ccc(CCCC(C)C)cc2)C=C1. The van der Waals surface area contributed by atoms with E-state index in [2.05, 4.69) is 56.8 Å². The third-order valence-electron chi connectivity index (χ3n) is 6.25. The highest BCUT2D eigenvalue weighted by Gasteiger charge is 2.23. The van der Waals surface area contributed by atoms with E-state index in [1.807, 2.05) is 6.08 Å². The molecule has 0 aromatic heterocycles. The lowest BCUT2D eigenvalue weighted by Gasteiger charge is -2.23. The van der Waals surface area contributed by atoms with Gasteiger partial charge in [-0.05, 0) is 48.8 Å². The predicted molar refractivity (Wildman–Crippen MR) is 137 cm³/mol. The van der Waals surface area contributed by atoms with Gasteiger partial charge in [-0.2, -0.15) is 0 Å². The van der Waals surface area contributed by atoms with E-state index in [9.17, 15) is 14.7 Å². The van der Waals surface area contributed by atoms with Gasteiger partial charge in [0, 0.05) is 5.92 Å². The maximum absolute atomic E-state index is 12.0. The van der Waals surface area contributed by atoms with Crippen molar-refractivity contribution in [2.45, 2.75) is 52.4 Å². The van der Waals surface area contributed by atoms with Gasteiger partial charge in [-0.1, -0.05) is 69.3 Å². The van der Waals surface area contributed by atoms with Crippen molar-refractivity contribution < 1.29 is 29.3 Å². The lowest BCUT2D eigenvalue weighted by Crippen LogP contribution is -2.26. The maximum atomic E-state index is 12.0. The number of aryl methyl sites for hydroxylation is 1. The Balaban J connectivity index is 2.01. The van der Waals surface area contributed by atoms with E-state index in [1.54, 1.807) is 6.92 Å². The molecule has 3 atom stereocenters. The standard InChI is InChI=1S/C29H40O6/c1-20(2)6-5-7-23-8-10-24(11-9-23)25-12-14-26(15-13-25)27(18-34-28(32)21(3)16-30)19-35-29(33)22(4)17-31/h8-12,14-15,20,22,25,27,30-31H,3,5-7,13,16-19H2,1-2,4H3. The molecule has 1 aliphatic carbocycles. The van der Waals surface area contributed by atoms with Crippen molar-refractivity contribution in [1.82, 2.24) is 0 Å². The molecule has 0 radical (unpaired) electrons. The molecule has 0 amide bonds. The number of carbonyl (C=O) groups is 2. The van der Waals surface area contributed by atoms with Gasteiger partial charge in [0.15, 0.2) is 0 Å². The van der Waals surface area contributed by atoms with E-state index in [0.717, 1.165) is 24.3 Å². The third-order valence-corrected chi connectivity index (χ3v) is 6.25. The second-order valence-electron chi connectivity index (χ2n) is 9.70. The van der Waals surface area contributed by atoms with E-state index in [1.165, 1.54) is 24.0 Å². The Morgan fingerprint density at radius 1 is 1.09 bits per heavy atom. The van der Waals surface area contributed by atoms with Gasteiger partial charge in [0.1, 0.15) is 13.2 Å². The van der Waals surface area contributed by atoms with Crippen molar-refractivity contribution in [2.24, 2.45) is 17.8 Å². The number of rotatable bonds is 14. The fourth-order valence-corrected chi connectivity index (χ4v) is 3.82. The molecular weight excluding hydrogens is 444 g/mol. The van der Waals surface area contributed by atoms with E-state index in [-0.39, 0.29) is 37.2 Å². The number of esters is 2. The van der Waals surface area contributed by atoms with Crippen molar-refractivity contribution in [3.8, 4) is 0 Å². The number of ether oxygens (including phenoxy) is 2. The van der Waals surface area contributed by atoms with Crippen molar-refractivity contribution in [3.63, 3.8) is 0 Å². The number of aliphatic hydroxyl groups is 2. The van der Waals surface area contributed by atoms with Gasteiger partial charge in [-0.3, -0.25) is 4.79 Å². The summed E-state index contributed by atoms with van der Waals surface area (Å²) in [6, 6.07) is 8.80. The molecule has 0 heterocycles. The van der Waals surface area contributed by atoms with Crippen molar-refractivity contribution in [3.05, 3.63) is 71.3 Å². The zero-order valence-electron chi connectivity index (χ0n) is 21.2. The van der Waals surface area contributed by atoms with Crippen molar-refractivity contribution >= 4 is 11.9 Å². The molecule has 0 aliphatic heterocycles. The Morgan fingerprint density at radius 3 is 2.34 bits per heavy atom. The number of allylic oxidation sites excluding steroid dienone is 3. The second kappa shape index (κ2) is 14.6. The fourth-order valence-electron chi connectivity index (χ4n) is 3.82. The van der Waals surface area contributed by atoms with Crippen LogP contribution in [0.15, 0.2) is 60.2 Å². The quantitative estimate of drug-likeness (QED) is 0.298. The first kappa shape index (κ1) is 28.5. The highest BCUT2D eigenvalue weighted by atomic mass is 16.5. The van der Waals surface area contributed by atoms with Crippen LogP contribution < -0.4 is 0 Å². The molecule has 1 aromatic rings. The van der Waals surface area contributed by atoms with Gasteiger partial charge in [0.25, 0.3) is 0 Å². The van der Waals surface area contributed by atoms with Crippen molar-refractivity contribution in [2.75, 3.05) is 26.4 Å². The number of hydrogen-bond acceptors (Lipinski definition) is 6. The monoisotopic (exact) mass is 484 g/mol. The topological polar surface area (TPSA) is 93.1 Å². The van der Waals surface area contributed by atoms with Crippen LogP contribution in [0.2, 0.25) is 0 Å². The summed E-state index contributed by atoms with van der Waals surface area (Å²) in [6.45, 7) is 8.80. The van der Waals surface area contributed by atoms with Crippen LogP contribution in [0.3, 0.4) is 0 Å². The van der Waals surface area contributed by atoms with Gasteiger partial charge in [0.05, 0.1) is 30.6 Å². The summed E-state index contributed by atoms with van der Waals surface area (Å²) in [5, 5.41) is 18.3. The molecule has 3 unspecified atom stereocenters. The van der Waals surface area contributed by atoms with Crippen LogP contribution >= 0.6 is 0 Å². The van der Waals surface area contributed by atoms with Crippen LogP contribution in [0.4, 0.5) is 0 Å². The molecule has 0 saturated carbocycles. The Hall–Kier alpha value is -2.70. The Labute approximate surface area is 209 Å². The molecule has 2 N–H and O–H groups in total. The van der Waals surface area contributed by atoms with Crippen LogP contribution in [0.5, 0.6) is 0 Å². The highest BCUT2D eigenvalue weighted by Crippen LogP contribution is 2.30. The highest BCUT2D eigenvalue weighted by molar-refractivity contribution is 5.87. The predicted octanol–water partition coefficient (Wildman–Crippen LogP) is 4.51. The lowest BCUT2D eigenvalue weighted by atomic mass is 9.86. The molecule has 0 fully saturated rings. The number of hydrogen-bond donors (Lipinski definition) is 2. The number of benzene rings is 1. The summed E-state index contributed by atoms with van der Waals surface area (Å²) < 4.78 is 10.7. The van der Waals surface area contributed by atoms with E-state index < -0.39 is 24.5 Å². The van der Waals surface area contributed by atoms with Gasteiger partial charge in [-0.25, -0.2) is 4.79 Å².